The van der Waals surface area contributed by atoms with Crippen molar-refractivity contribution < 1.29 is 8.97 Å². The third kappa shape index (κ3) is 7.97. The molecule has 2 aliphatic heterocycles. The molecule has 0 aliphatic carbocycles. The third-order valence-corrected chi connectivity index (χ3v) is 5.89. The number of quaternary nitrogens is 2. The maximum atomic E-state index is 2.43. The molecule has 2 saturated heterocycles. The lowest BCUT2D eigenvalue weighted by Gasteiger charge is -2.29. The van der Waals surface area contributed by atoms with Crippen molar-refractivity contribution in [3.8, 4) is 0 Å². The minimum Gasteiger partial charge on any atom is -0.326 e. The fourth-order valence-electron chi connectivity index (χ4n) is 4.11. The van der Waals surface area contributed by atoms with Gasteiger partial charge < -0.3 is 8.97 Å². The SMILES string of the molecule is CCCCCC[N+]1(C)CCCC1.CCCC[N+]1(C)CCCC1. The Labute approximate surface area is 141 Å². The highest BCUT2D eigenvalue weighted by atomic mass is 15.3. The Bertz CT molecular complexity index is 263. The van der Waals surface area contributed by atoms with E-state index in [0.29, 0.717) is 0 Å². The van der Waals surface area contributed by atoms with Crippen molar-refractivity contribution >= 4 is 0 Å². The van der Waals surface area contributed by atoms with Gasteiger partial charge in [-0.3, -0.25) is 0 Å². The van der Waals surface area contributed by atoms with Crippen molar-refractivity contribution in [2.24, 2.45) is 0 Å². The lowest BCUT2D eigenvalue weighted by molar-refractivity contribution is -0.897. The molecule has 2 aliphatic rings. The fraction of sp³-hybridized carbons (Fsp3) is 1.00. The molecule has 2 heterocycles. The van der Waals surface area contributed by atoms with Gasteiger partial charge in [-0.2, -0.15) is 0 Å². The van der Waals surface area contributed by atoms with Crippen LogP contribution in [0.5, 0.6) is 0 Å². The number of hydrogen-bond acceptors (Lipinski definition) is 0. The number of hydrogen-bond donors (Lipinski definition) is 0. The summed E-state index contributed by atoms with van der Waals surface area (Å²) in [7, 11) is 4.83. The van der Waals surface area contributed by atoms with E-state index in [1.165, 1.54) is 112 Å². The summed E-state index contributed by atoms with van der Waals surface area (Å²) in [6.45, 7) is 13.1. The third-order valence-electron chi connectivity index (χ3n) is 5.89. The molecule has 22 heavy (non-hydrogen) atoms. The van der Waals surface area contributed by atoms with Gasteiger partial charge in [-0.25, -0.2) is 0 Å². The Kier molecular flexibility index (Phi) is 9.66. The molecular weight excluding hydrogens is 268 g/mol. The van der Waals surface area contributed by atoms with Gasteiger partial charge in [0.2, 0.25) is 0 Å². The average molecular weight is 313 g/mol. The Morgan fingerprint density at radius 3 is 1.36 bits per heavy atom. The Morgan fingerprint density at radius 1 is 0.545 bits per heavy atom. The van der Waals surface area contributed by atoms with Crippen LogP contribution in [0.4, 0.5) is 0 Å². The first-order valence-corrected chi connectivity index (χ1v) is 10.2. The zero-order valence-corrected chi connectivity index (χ0v) is 16.2. The second kappa shape index (κ2) is 10.6. The van der Waals surface area contributed by atoms with Crippen LogP contribution < -0.4 is 0 Å². The van der Waals surface area contributed by atoms with Gasteiger partial charge in [0, 0.05) is 25.7 Å². The average Bonchev–Trinajstić information content (AvgIpc) is 3.12. The van der Waals surface area contributed by atoms with E-state index in [-0.39, 0.29) is 0 Å². The highest BCUT2D eigenvalue weighted by Crippen LogP contribution is 2.18. The fourth-order valence-corrected chi connectivity index (χ4v) is 4.11. The van der Waals surface area contributed by atoms with Gasteiger partial charge in [0.1, 0.15) is 0 Å². The maximum absolute atomic E-state index is 2.43. The van der Waals surface area contributed by atoms with Crippen molar-refractivity contribution in [2.75, 3.05) is 53.4 Å². The molecule has 132 valence electrons. The summed E-state index contributed by atoms with van der Waals surface area (Å²) in [6.07, 6.45) is 14.3. The first-order chi connectivity index (χ1) is 10.5. The van der Waals surface area contributed by atoms with Crippen LogP contribution in [0.2, 0.25) is 0 Å². The summed E-state index contributed by atoms with van der Waals surface area (Å²) in [5, 5.41) is 0. The van der Waals surface area contributed by atoms with Gasteiger partial charge in [0.05, 0.1) is 53.4 Å². The molecule has 2 nitrogen and oxygen atoms in total. The van der Waals surface area contributed by atoms with E-state index in [2.05, 4.69) is 27.9 Å². The first kappa shape index (κ1) is 20.0. The first-order valence-electron chi connectivity index (χ1n) is 10.2. The van der Waals surface area contributed by atoms with Crippen molar-refractivity contribution in [1.82, 2.24) is 0 Å². The maximum Gasteiger partial charge on any atom is 0.0786 e. The van der Waals surface area contributed by atoms with Gasteiger partial charge in [-0.1, -0.05) is 33.1 Å². The molecule has 0 aromatic rings. The Hall–Kier alpha value is -0.0800. The van der Waals surface area contributed by atoms with E-state index in [9.17, 15) is 0 Å². The molecule has 0 saturated carbocycles. The summed E-state index contributed by atoms with van der Waals surface area (Å²) in [5.41, 5.74) is 0. The van der Waals surface area contributed by atoms with Crippen molar-refractivity contribution in [1.29, 1.82) is 0 Å². The number of rotatable bonds is 8. The van der Waals surface area contributed by atoms with Gasteiger partial charge in [0.15, 0.2) is 0 Å². The lowest BCUT2D eigenvalue weighted by Crippen LogP contribution is -2.41. The van der Waals surface area contributed by atoms with Crippen molar-refractivity contribution in [2.45, 2.75) is 78.1 Å². The molecule has 0 aromatic carbocycles. The summed E-state index contributed by atoms with van der Waals surface area (Å²) < 4.78 is 2.72. The molecule has 0 spiro atoms. The lowest BCUT2D eigenvalue weighted by atomic mass is 10.2. The summed E-state index contributed by atoms with van der Waals surface area (Å²) in [4.78, 5) is 0. The van der Waals surface area contributed by atoms with Crippen LogP contribution in [0.25, 0.3) is 0 Å². The zero-order chi connectivity index (χ0) is 16.3. The van der Waals surface area contributed by atoms with Crippen LogP contribution >= 0.6 is 0 Å². The minimum absolute atomic E-state index is 1.36. The normalized spacial score (nSPS) is 22.4. The molecule has 2 fully saturated rings. The van der Waals surface area contributed by atoms with Crippen LogP contribution in [0.3, 0.4) is 0 Å². The zero-order valence-electron chi connectivity index (χ0n) is 16.2. The molecule has 0 atom stereocenters. The summed E-state index contributed by atoms with van der Waals surface area (Å²) in [5.74, 6) is 0. The molecule has 0 bridgehead atoms. The molecule has 0 amide bonds. The minimum atomic E-state index is 1.36. The highest BCUT2D eigenvalue weighted by molar-refractivity contribution is 4.52. The van der Waals surface area contributed by atoms with E-state index >= 15 is 0 Å². The van der Waals surface area contributed by atoms with Gasteiger partial charge in [0.25, 0.3) is 0 Å². The highest BCUT2D eigenvalue weighted by Gasteiger charge is 2.26. The summed E-state index contributed by atoms with van der Waals surface area (Å²) >= 11 is 0. The molecule has 0 N–H and O–H groups in total. The molecule has 2 rings (SSSR count). The second-order valence-corrected chi connectivity index (χ2v) is 8.41. The van der Waals surface area contributed by atoms with Crippen molar-refractivity contribution in [3.63, 3.8) is 0 Å². The number of likely N-dealkylation sites (tertiary alicyclic amines) is 2. The molecule has 0 aromatic heterocycles. The number of unbranched alkanes of at least 4 members (excludes halogenated alkanes) is 4. The predicted molar refractivity (Wildman–Crippen MR) is 99.1 cm³/mol. The van der Waals surface area contributed by atoms with Crippen LogP contribution in [0.1, 0.15) is 78.1 Å². The van der Waals surface area contributed by atoms with Crippen LogP contribution in [-0.4, -0.2) is 62.3 Å². The van der Waals surface area contributed by atoms with Gasteiger partial charge in [-0.15, -0.1) is 0 Å². The summed E-state index contributed by atoms with van der Waals surface area (Å²) in [6, 6.07) is 0. The van der Waals surface area contributed by atoms with Gasteiger partial charge in [-0.05, 0) is 19.3 Å². The van der Waals surface area contributed by atoms with E-state index in [1.807, 2.05) is 0 Å². The topological polar surface area (TPSA) is 0 Å². The monoisotopic (exact) mass is 312 g/mol. The van der Waals surface area contributed by atoms with E-state index in [4.69, 9.17) is 0 Å². The quantitative estimate of drug-likeness (QED) is 0.444. The number of nitrogens with zero attached hydrogens (tertiary/aromatic N) is 2. The van der Waals surface area contributed by atoms with Gasteiger partial charge >= 0.3 is 0 Å². The molecular formula is C20H44N2+2. The second-order valence-electron chi connectivity index (χ2n) is 8.41. The van der Waals surface area contributed by atoms with E-state index in [1.54, 1.807) is 0 Å². The van der Waals surface area contributed by atoms with Crippen LogP contribution in [0.15, 0.2) is 0 Å². The largest absolute Gasteiger partial charge is 0.326 e. The molecule has 0 radical (unpaired) electrons. The predicted octanol–water partition coefficient (Wildman–Crippen LogP) is 4.83. The smallest absolute Gasteiger partial charge is 0.0786 e. The van der Waals surface area contributed by atoms with E-state index < -0.39 is 0 Å². The van der Waals surface area contributed by atoms with Crippen molar-refractivity contribution in [3.05, 3.63) is 0 Å². The Morgan fingerprint density at radius 2 is 0.955 bits per heavy atom. The van der Waals surface area contributed by atoms with E-state index in [0.717, 1.165) is 0 Å². The standard InChI is InChI=1S/C11H24N.C9H20N/c1-3-4-5-6-9-12(2)10-7-8-11-12;1-3-4-7-10(2)8-5-6-9-10/h3-11H2,1-2H3;3-9H2,1-2H3/q2*+1. The Balaban J connectivity index is 0.000000224. The van der Waals surface area contributed by atoms with Crippen LogP contribution in [-0.2, 0) is 0 Å². The molecule has 2 heteroatoms. The van der Waals surface area contributed by atoms with Crippen LogP contribution in [0, 0.1) is 0 Å². The molecule has 0 unspecified atom stereocenters.